The summed E-state index contributed by atoms with van der Waals surface area (Å²) in [5, 5.41) is 11.0. The van der Waals surface area contributed by atoms with E-state index in [0.29, 0.717) is 29.1 Å². The molecule has 1 aromatic carbocycles. The molecule has 4 heteroatoms. The van der Waals surface area contributed by atoms with Crippen LogP contribution in [0.2, 0.25) is 0 Å². The average molecular weight is 384 g/mol. The van der Waals surface area contributed by atoms with Crippen molar-refractivity contribution in [2.75, 3.05) is 7.11 Å². The van der Waals surface area contributed by atoms with Gasteiger partial charge in [0, 0.05) is 18.6 Å². The van der Waals surface area contributed by atoms with Crippen LogP contribution in [-0.2, 0) is 6.42 Å². The first-order valence-corrected chi connectivity index (χ1v) is 10.5. The van der Waals surface area contributed by atoms with E-state index < -0.39 is 0 Å². The number of oxazole rings is 1. The molecule has 4 nitrogen and oxygen atoms in total. The lowest BCUT2D eigenvalue weighted by atomic mass is 9.46. The molecule has 4 atom stereocenters. The number of hydrogen-bond acceptors (Lipinski definition) is 4. The van der Waals surface area contributed by atoms with Crippen molar-refractivity contribution in [1.82, 2.24) is 4.98 Å². The second-order valence-corrected chi connectivity index (χ2v) is 9.58. The maximum Gasteiger partial charge on any atom is 0.192 e. The number of aromatic nitrogens is 1. The normalized spacial score (nSPS) is 33.1. The van der Waals surface area contributed by atoms with Crippen molar-refractivity contribution in [1.29, 1.82) is 0 Å². The van der Waals surface area contributed by atoms with Crippen LogP contribution in [-0.4, -0.2) is 17.2 Å². The van der Waals surface area contributed by atoms with Gasteiger partial charge in [-0.15, -0.1) is 0 Å². The third-order valence-corrected chi connectivity index (χ3v) is 8.17. The number of aromatic hydroxyl groups is 1. The number of phenolic OH excluding ortho intramolecular Hbond substituents is 1. The molecule has 0 radical (unpaired) electrons. The van der Waals surface area contributed by atoms with Gasteiger partial charge in [-0.3, -0.25) is 0 Å². The zero-order valence-electron chi connectivity index (χ0n) is 17.9. The smallest absolute Gasteiger partial charge is 0.192 e. The van der Waals surface area contributed by atoms with E-state index in [1.165, 1.54) is 31.3 Å². The second-order valence-electron chi connectivity index (χ2n) is 9.58. The number of phenols is 1. The minimum atomic E-state index is 0.0494. The molecule has 0 saturated heterocycles. The summed E-state index contributed by atoms with van der Waals surface area (Å²) in [5.41, 5.74) is 3.94. The molecular formula is C24H33NO3. The minimum absolute atomic E-state index is 0.0494. The van der Waals surface area contributed by atoms with Crippen molar-refractivity contribution >= 4 is 11.1 Å². The average Bonchev–Trinajstić information content (AvgIpc) is 3.03. The monoisotopic (exact) mass is 383 g/mol. The number of hydrogen-bond donors (Lipinski definition) is 1. The fraction of sp³-hybridized carbons (Fsp3) is 0.625. The van der Waals surface area contributed by atoms with E-state index in [2.05, 4.69) is 32.3 Å². The van der Waals surface area contributed by atoms with Crippen molar-refractivity contribution in [2.45, 2.75) is 66.2 Å². The molecule has 0 amide bonds. The zero-order chi connectivity index (χ0) is 20.3. The van der Waals surface area contributed by atoms with Crippen LogP contribution in [0.3, 0.4) is 0 Å². The quantitative estimate of drug-likeness (QED) is 0.642. The fourth-order valence-electron chi connectivity index (χ4n) is 6.17. The summed E-state index contributed by atoms with van der Waals surface area (Å²) in [6.45, 7) is 13.5. The molecule has 28 heavy (non-hydrogen) atoms. The molecule has 2 aliphatic rings. The minimum Gasteiger partial charge on any atom is -0.504 e. The van der Waals surface area contributed by atoms with Gasteiger partial charge in [0.2, 0.25) is 0 Å². The van der Waals surface area contributed by atoms with Gasteiger partial charge in [0.05, 0.1) is 7.11 Å². The Morgan fingerprint density at radius 3 is 2.82 bits per heavy atom. The van der Waals surface area contributed by atoms with Crippen molar-refractivity contribution in [3.8, 4) is 11.5 Å². The van der Waals surface area contributed by atoms with Gasteiger partial charge in [-0.25, -0.2) is 4.98 Å². The highest BCUT2D eigenvalue weighted by Gasteiger charge is 2.54. The molecule has 4 rings (SSSR count). The van der Waals surface area contributed by atoms with Crippen LogP contribution in [0.25, 0.3) is 11.1 Å². The Morgan fingerprint density at radius 2 is 2.11 bits per heavy atom. The molecule has 2 aromatic rings. The number of methoxy groups -OCH3 is 1. The first-order valence-electron chi connectivity index (χ1n) is 10.5. The van der Waals surface area contributed by atoms with E-state index in [1.54, 1.807) is 13.2 Å². The number of allylic oxidation sites excluding steroid dienone is 1. The molecule has 1 heterocycles. The van der Waals surface area contributed by atoms with Crippen LogP contribution in [0, 0.1) is 29.6 Å². The van der Waals surface area contributed by atoms with Crippen LogP contribution in [0.4, 0.5) is 0 Å². The maximum atomic E-state index is 11.0. The van der Waals surface area contributed by atoms with Gasteiger partial charge >= 0.3 is 0 Å². The molecule has 1 aromatic heterocycles. The van der Waals surface area contributed by atoms with E-state index >= 15 is 0 Å². The van der Waals surface area contributed by atoms with Crippen LogP contribution >= 0.6 is 0 Å². The van der Waals surface area contributed by atoms with E-state index in [0.717, 1.165) is 23.9 Å². The topological polar surface area (TPSA) is 55.5 Å². The summed E-state index contributed by atoms with van der Waals surface area (Å²) in [6, 6.07) is 1.77. The summed E-state index contributed by atoms with van der Waals surface area (Å²) in [7, 11) is 1.59. The largest absolute Gasteiger partial charge is 0.504 e. The summed E-state index contributed by atoms with van der Waals surface area (Å²) in [6.07, 6.45) is 6.74. The fourth-order valence-corrected chi connectivity index (χ4v) is 6.17. The second kappa shape index (κ2) is 6.53. The van der Waals surface area contributed by atoms with Crippen LogP contribution < -0.4 is 4.74 Å². The Kier molecular flexibility index (Phi) is 4.52. The molecule has 0 bridgehead atoms. The number of nitrogens with zero attached hydrogens (tertiary/aromatic N) is 1. The summed E-state index contributed by atoms with van der Waals surface area (Å²) < 4.78 is 11.4. The van der Waals surface area contributed by atoms with E-state index in [4.69, 9.17) is 9.15 Å². The van der Waals surface area contributed by atoms with Gasteiger partial charge in [0.15, 0.2) is 23.0 Å². The predicted molar refractivity (Wildman–Crippen MR) is 112 cm³/mol. The number of rotatable bonds is 3. The molecule has 1 N–H and O–H groups in total. The number of aryl methyl sites for hydroxylation is 1. The Hall–Kier alpha value is -1.97. The summed E-state index contributed by atoms with van der Waals surface area (Å²) in [5.74, 6) is 2.39. The SMILES string of the molecule is C=C1CCC[C@H]2[C@](C)(Cc3c(O)c(OC)cc4nc(C)oc34)[C@@H](C)CC[C@]12C. The highest BCUT2D eigenvalue weighted by Crippen LogP contribution is 2.62. The molecule has 152 valence electrons. The molecule has 2 saturated carbocycles. The Balaban J connectivity index is 1.85. The van der Waals surface area contributed by atoms with Crippen molar-refractivity contribution in [2.24, 2.45) is 22.7 Å². The zero-order valence-corrected chi connectivity index (χ0v) is 17.9. The van der Waals surface area contributed by atoms with E-state index in [1.807, 2.05) is 6.92 Å². The molecular weight excluding hydrogens is 350 g/mol. The van der Waals surface area contributed by atoms with E-state index in [-0.39, 0.29) is 16.6 Å². The van der Waals surface area contributed by atoms with Gasteiger partial charge in [0.25, 0.3) is 0 Å². The lowest BCUT2D eigenvalue weighted by Crippen LogP contribution is -2.51. The van der Waals surface area contributed by atoms with Crippen LogP contribution in [0.5, 0.6) is 11.5 Å². The molecule has 0 aliphatic heterocycles. The Labute approximate surface area is 168 Å². The summed E-state index contributed by atoms with van der Waals surface area (Å²) in [4.78, 5) is 4.49. The third-order valence-electron chi connectivity index (χ3n) is 8.17. The van der Waals surface area contributed by atoms with Crippen molar-refractivity contribution < 1.29 is 14.3 Å². The van der Waals surface area contributed by atoms with Gasteiger partial charge < -0.3 is 14.3 Å². The summed E-state index contributed by atoms with van der Waals surface area (Å²) >= 11 is 0. The van der Waals surface area contributed by atoms with Gasteiger partial charge in [-0.1, -0.05) is 32.9 Å². The Morgan fingerprint density at radius 1 is 1.36 bits per heavy atom. The third kappa shape index (κ3) is 2.67. The van der Waals surface area contributed by atoms with Crippen molar-refractivity contribution in [3.63, 3.8) is 0 Å². The van der Waals surface area contributed by atoms with Crippen LogP contribution in [0.15, 0.2) is 22.6 Å². The predicted octanol–water partition coefficient (Wildman–Crippen LogP) is 6.19. The number of benzene rings is 1. The number of ether oxygens (including phenoxy) is 1. The van der Waals surface area contributed by atoms with Gasteiger partial charge in [-0.05, 0) is 61.2 Å². The van der Waals surface area contributed by atoms with Gasteiger partial charge in [0.1, 0.15) is 5.52 Å². The highest BCUT2D eigenvalue weighted by molar-refractivity contribution is 5.82. The lowest BCUT2D eigenvalue weighted by Gasteiger charge is -2.58. The van der Waals surface area contributed by atoms with Gasteiger partial charge in [-0.2, -0.15) is 0 Å². The standard InChI is InChI=1S/C24H33NO3/c1-14-8-7-9-20-23(14,4)11-10-15(2)24(20,5)13-17-21(26)19(27-6)12-18-22(17)28-16(3)25-18/h12,15,20,26H,1,7-11,13H2,2-6H3/t15-,20+,23+,24+/m0/s1. The first-order chi connectivity index (χ1) is 13.2. The molecule has 0 unspecified atom stereocenters. The maximum absolute atomic E-state index is 11.0. The van der Waals surface area contributed by atoms with Crippen molar-refractivity contribution in [3.05, 3.63) is 29.7 Å². The molecule has 2 aliphatic carbocycles. The first kappa shape index (κ1) is 19.4. The lowest BCUT2D eigenvalue weighted by molar-refractivity contribution is -0.0490. The molecule has 0 spiro atoms. The Bertz CT molecular complexity index is 930. The van der Waals surface area contributed by atoms with E-state index in [9.17, 15) is 5.11 Å². The molecule has 2 fully saturated rings. The highest BCUT2D eigenvalue weighted by atomic mass is 16.5. The van der Waals surface area contributed by atoms with Crippen LogP contribution in [0.1, 0.15) is 64.3 Å². The number of fused-ring (bicyclic) bond motifs is 2.